The number of amides is 2. The average Bonchev–Trinajstić information content (AvgIpc) is 3.36. The van der Waals surface area contributed by atoms with E-state index in [1.807, 2.05) is 48.5 Å². The number of rotatable bonds is 6. The van der Waals surface area contributed by atoms with Crippen molar-refractivity contribution in [3.63, 3.8) is 0 Å². The number of benzene rings is 2. The van der Waals surface area contributed by atoms with Gasteiger partial charge in [0.1, 0.15) is 17.8 Å². The van der Waals surface area contributed by atoms with Gasteiger partial charge in [0.05, 0.1) is 18.1 Å². The molecule has 0 aliphatic rings. The number of ether oxygens (including phenoxy) is 1. The molecule has 4 rings (SSSR count). The molecule has 29 heavy (non-hydrogen) atoms. The maximum atomic E-state index is 12.7. The van der Waals surface area contributed by atoms with Crippen molar-refractivity contribution in [2.45, 2.75) is 6.54 Å². The van der Waals surface area contributed by atoms with E-state index in [1.165, 1.54) is 10.9 Å². The van der Waals surface area contributed by atoms with Gasteiger partial charge >= 0.3 is 0 Å². The molecule has 0 saturated heterocycles. The van der Waals surface area contributed by atoms with Crippen molar-refractivity contribution in [2.24, 2.45) is 5.73 Å². The molecule has 2 amide bonds. The highest BCUT2D eigenvalue weighted by molar-refractivity contribution is 6.04. The molecular weight excluding hydrogens is 372 g/mol. The molecule has 9 heteroatoms. The summed E-state index contributed by atoms with van der Waals surface area (Å²) in [5, 5.41) is 2.74. The molecular formula is C20H18N6O3. The van der Waals surface area contributed by atoms with Crippen LogP contribution in [0, 0.1) is 0 Å². The largest absolute Gasteiger partial charge is 0.497 e. The molecule has 0 unspecified atom stereocenters. The van der Waals surface area contributed by atoms with E-state index in [-0.39, 0.29) is 17.9 Å². The van der Waals surface area contributed by atoms with Crippen molar-refractivity contribution >= 4 is 22.8 Å². The smallest absolute Gasteiger partial charge is 0.272 e. The zero-order valence-corrected chi connectivity index (χ0v) is 15.5. The second-order valence-electron chi connectivity index (χ2n) is 6.29. The Labute approximate surface area is 165 Å². The van der Waals surface area contributed by atoms with Crippen molar-refractivity contribution in [3.8, 4) is 11.7 Å². The van der Waals surface area contributed by atoms with E-state index in [9.17, 15) is 9.59 Å². The lowest BCUT2D eigenvalue weighted by molar-refractivity contribution is 0.0928. The number of H-pyrrole nitrogens is 1. The fourth-order valence-corrected chi connectivity index (χ4v) is 3.01. The third-order valence-corrected chi connectivity index (χ3v) is 4.41. The Bertz CT molecular complexity index is 1180. The first kappa shape index (κ1) is 18.2. The number of fused-ring (bicyclic) bond motifs is 1. The zero-order chi connectivity index (χ0) is 20.4. The van der Waals surface area contributed by atoms with Gasteiger partial charge in [0.15, 0.2) is 5.69 Å². The lowest BCUT2D eigenvalue weighted by Gasteiger charge is -2.07. The van der Waals surface area contributed by atoms with Gasteiger partial charge in [0, 0.05) is 6.54 Å². The molecule has 4 aromatic rings. The first-order valence-corrected chi connectivity index (χ1v) is 8.80. The number of aromatic amines is 1. The highest BCUT2D eigenvalue weighted by Crippen LogP contribution is 2.17. The molecule has 0 saturated carbocycles. The van der Waals surface area contributed by atoms with Crippen LogP contribution in [0.5, 0.6) is 5.75 Å². The van der Waals surface area contributed by atoms with Crippen molar-refractivity contribution in [2.75, 3.05) is 7.11 Å². The standard InChI is InChI=1S/C20H18N6O3/c1-29-13-6-4-5-12(9-13)10-22-19(28)16-17(18(21)27)26(11-23-16)20-24-14-7-2-3-8-15(14)25-20/h2-9,11H,10H2,1H3,(H2,21,27)(H,22,28)(H,24,25). The molecule has 9 nitrogen and oxygen atoms in total. The molecule has 146 valence electrons. The van der Waals surface area contributed by atoms with Gasteiger partial charge in [-0.1, -0.05) is 24.3 Å². The number of hydrogen-bond acceptors (Lipinski definition) is 5. The molecule has 2 aromatic heterocycles. The number of primary amides is 1. The Morgan fingerprint density at radius 3 is 2.79 bits per heavy atom. The van der Waals surface area contributed by atoms with Gasteiger partial charge in [0.25, 0.3) is 11.8 Å². The number of aromatic nitrogens is 4. The quantitative estimate of drug-likeness (QED) is 0.462. The summed E-state index contributed by atoms with van der Waals surface area (Å²) in [7, 11) is 1.57. The number of nitrogens with zero attached hydrogens (tertiary/aromatic N) is 3. The lowest BCUT2D eigenvalue weighted by Crippen LogP contribution is -2.27. The second-order valence-corrected chi connectivity index (χ2v) is 6.29. The van der Waals surface area contributed by atoms with E-state index in [4.69, 9.17) is 10.5 Å². The van der Waals surface area contributed by atoms with E-state index in [2.05, 4.69) is 20.3 Å². The fourth-order valence-electron chi connectivity index (χ4n) is 3.01. The van der Waals surface area contributed by atoms with Gasteiger partial charge < -0.3 is 20.8 Å². The minimum absolute atomic E-state index is 0.0489. The number of imidazole rings is 2. The van der Waals surface area contributed by atoms with E-state index < -0.39 is 11.8 Å². The molecule has 0 fully saturated rings. The summed E-state index contributed by atoms with van der Waals surface area (Å²) in [5.74, 6) is -0.269. The van der Waals surface area contributed by atoms with Crippen LogP contribution in [0.1, 0.15) is 26.5 Å². The SMILES string of the molecule is COc1cccc(CNC(=O)c2ncn(-c3nc4ccccc4[nH]3)c2C(N)=O)c1. The predicted octanol–water partition coefficient (Wildman–Crippen LogP) is 1.79. The number of para-hydroxylation sites is 2. The summed E-state index contributed by atoms with van der Waals surface area (Å²) in [5.41, 5.74) is 7.77. The van der Waals surface area contributed by atoms with Crippen LogP contribution in [0.25, 0.3) is 17.0 Å². The Hall–Kier alpha value is -4.14. The molecule has 4 N–H and O–H groups in total. The van der Waals surface area contributed by atoms with Crippen LogP contribution in [0.2, 0.25) is 0 Å². The van der Waals surface area contributed by atoms with Crippen LogP contribution < -0.4 is 15.8 Å². The minimum Gasteiger partial charge on any atom is -0.497 e. The first-order chi connectivity index (χ1) is 14.1. The fraction of sp³-hybridized carbons (Fsp3) is 0.100. The van der Waals surface area contributed by atoms with Gasteiger partial charge in [-0.15, -0.1) is 0 Å². The number of hydrogen-bond donors (Lipinski definition) is 3. The highest BCUT2D eigenvalue weighted by atomic mass is 16.5. The Morgan fingerprint density at radius 2 is 2.03 bits per heavy atom. The molecule has 2 aromatic carbocycles. The van der Waals surface area contributed by atoms with Crippen LogP contribution in [-0.4, -0.2) is 38.4 Å². The summed E-state index contributed by atoms with van der Waals surface area (Å²) >= 11 is 0. The number of nitrogens with two attached hydrogens (primary N) is 1. The Kier molecular flexibility index (Phi) is 4.70. The molecule has 0 aliphatic heterocycles. The number of carbonyl (C=O) groups is 2. The molecule has 0 aliphatic carbocycles. The van der Waals surface area contributed by atoms with Crippen LogP contribution >= 0.6 is 0 Å². The number of methoxy groups -OCH3 is 1. The second kappa shape index (κ2) is 7.47. The molecule has 0 spiro atoms. The van der Waals surface area contributed by atoms with Crippen molar-refractivity contribution in [3.05, 3.63) is 71.8 Å². The normalized spacial score (nSPS) is 10.8. The van der Waals surface area contributed by atoms with Gasteiger partial charge in [-0.25, -0.2) is 9.97 Å². The van der Waals surface area contributed by atoms with Crippen molar-refractivity contribution in [1.29, 1.82) is 0 Å². The van der Waals surface area contributed by atoms with Crippen LogP contribution in [-0.2, 0) is 6.54 Å². The third-order valence-electron chi connectivity index (χ3n) is 4.41. The summed E-state index contributed by atoms with van der Waals surface area (Å²) in [6.45, 7) is 0.242. The molecule has 0 radical (unpaired) electrons. The Balaban J connectivity index is 1.62. The molecule has 2 heterocycles. The summed E-state index contributed by atoms with van der Waals surface area (Å²) in [4.78, 5) is 36.3. The zero-order valence-electron chi connectivity index (χ0n) is 15.5. The average molecular weight is 390 g/mol. The van der Waals surface area contributed by atoms with E-state index in [0.29, 0.717) is 11.7 Å². The Morgan fingerprint density at radius 1 is 1.21 bits per heavy atom. The number of nitrogens with one attached hydrogen (secondary N) is 2. The van der Waals surface area contributed by atoms with Crippen molar-refractivity contribution < 1.29 is 14.3 Å². The number of carbonyl (C=O) groups excluding carboxylic acids is 2. The van der Waals surface area contributed by atoms with E-state index in [0.717, 1.165) is 16.6 Å². The maximum Gasteiger partial charge on any atom is 0.272 e. The minimum atomic E-state index is -0.783. The summed E-state index contributed by atoms with van der Waals surface area (Å²) < 4.78 is 6.55. The molecule has 0 bridgehead atoms. The lowest BCUT2D eigenvalue weighted by atomic mass is 10.2. The van der Waals surface area contributed by atoms with Crippen LogP contribution in [0.4, 0.5) is 0 Å². The van der Waals surface area contributed by atoms with E-state index >= 15 is 0 Å². The van der Waals surface area contributed by atoms with Crippen LogP contribution in [0.3, 0.4) is 0 Å². The monoisotopic (exact) mass is 390 g/mol. The van der Waals surface area contributed by atoms with Crippen molar-refractivity contribution in [1.82, 2.24) is 24.8 Å². The van der Waals surface area contributed by atoms with Crippen LogP contribution in [0.15, 0.2) is 54.9 Å². The van der Waals surface area contributed by atoms with Gasteiger partial charge in [0.2, 0.25) is 5.95 Å². The van der Waals surface area contributed by atoms with Gasteiger partial charge in [-0.05, 0) is 29.8 Å². The van der Waals surface area contributed by atoms with Gasteiger partial charge in [-0.2, -0.15) is 0 Å². The van der Waals surface area contributed by atoms with E-state index in [1.54, 1.807) is 7.11 Å². The topological polar surface area (TPSA) is 128 Å². The molecule has 0 atom stereocenters. The van der Waals surface area contributed by atoms with Gasteiger partial charge in [-0.3, -0.25) is 14.2 Å². The summed E-state index contributed by atoms with van der Waals surface area (Å²) in [6.07, 6.45) is 1.35. The predicted molar refractivity (Wildman–Crippen MR) is 106 cm³/mol. The summed E-state index contributed by atoms with van der Waals surface area (Å²) in [6, 6.07) is 14.7. The third kappa shape index (κ3) is 3.53. The maximum absolute atomic E-state index is 12.7. The highest BCUT2D eigenvalue weighted by Gasteiger charge is 2.24. The first-order valence-electron chi connectivity index (χ1n) is 8.80.